The standard InChI is InChI=1S/C11H20N4O/c1-9-13-10(16-14-9)8-15-6-4-11(2,12-3)5-7-15/h12H,4-8H2,1-3H3. The largest absolute Gasteiger partial charge is 0.338 e. The van der Waals surface area contributed by atoms with Crippen molar-refractivity contribution in [3.63, 3.8) is 0 Å². The molecule has 0 bridgehead atoms. The maximum atomic E-state index is 5.13. The van der Waals surface area contributed by atoms with Crippen LogP contribution in [0.25, 0.3) is 0 Å². The first-order chi connectivity index (χ1) is 7.61. The monoisotopic (exact) mass is 224 g/mol. The van der Waals surface area contributed by atoms with E-state index in [-0.39, 0.29) is 0 Å². The molecule has 90 valence electrons. The fraction of sp³-hybridized carbons (Fsp3) is 0.818. The quantitative estimate of drug-likeness (QED) is 0.828. The van der Waals surface area contributed by atoms with Crippen molar-refractivity contribution in [2.75, 3.05) is 20.1 Å². The van der Waals surface area contributed by atoms with E-state index in [2.05, 4.69) is 27.3 Å². The average Bonchev–Trinajstić information content (AvgIpc) is 2.68. The lowest BCUT2D eigenvalue weighted by atomic mass is 9.90. The van der Waals surface area contributed by atoms with E-state index < -0.39 is 0 Å². The van der Waals surface area contributed by atoms with Gasteiger partial charge in [0.25, 0.3) is 0 Å². The predicted molar refractivity (Wildman–Crippen MR) is 61.0 cm³/mol. The number of hydrogen-bond acceptors (Lipinski definition) is 5. The molecule has 5 heteroatoms. The molecule has 0 amide bonds. The fourth-order valence-electron chi connectivity index (χ4n) is 2.05. The fourth-order valence-corrected chi connectivity index (χ4v) is 2.05. The van der Waals surface area contributed by atoms with Crippen molar-refractivity contribution in [2.45, 2.75) is 38.8 Å². The SMILES string of the molecule is CNC1(C)CCN(Cc2nc(C)no2)CC1. The van der Waals surface area contributed by atoms with Crippen LogP contribution in [0, 0.1) is 6.92 Å². The number of hydrogen-bond donors (Lipinski definition) is 1. The van der Waals surface area contributed by atoms with Gasteiger partial charge in [-0.15, -0.1) is 0 Å². The van der Waals surface area contributed by atoms with Gasteiger partial charge < -0.3 is 9.84 Å². The predicted octanol–water partition coefficient (Wildman–Crippen LogP) is 0.952. The molecule has 1 saturated heterocycles. The van der Waals surface area contributed by atoms with E-state index in [9.17, 15) is 0 Å². The van der Waals surface area contributed by atoms with Crippen molar-refractivity contribution in [2.24, 2.45) is 0 Å². The van der Waals surface area contributed by atoms with Gasteiger partial charge in [-0.1, -0.05) is 5.16 Å². The van der Waals surface area contributed by atoms with Crippen molar-refractivity contribution in [3.05, 3.63) is 11.7 Å². The van der Waals surface area contributed by atoms with Crippen LogP contribution in [0.5, 0.6) is 0 Å². The van der Waals surface area contributed by atoms with Gasteiger partial charge >= 0.3 is 0 Å². The molecular formula is C11H20N4O. The van der Waals surface area contributed by atoms with Crippen LogP contribution in [0.2, 0.25) is 0 Å². The van der Waals surface area contributed by atoms with Crippen LogP contribution in [0.3, 0.4) is 0 Å². The molecule has 0 aromatic carbocycles. The van der Waals surface area contributed by atoms with E-state index in [1.807, 2.05) is 14.0 Å². The number of piperidine rings is 1. The minimum Gasteiger partial charge on any atom is -0.338 e. The molecule has 0 unspecified atom stereocenters. The van der Waals surface area contributed by atoms with E-state index >= 15 is 0 Å². The molecule has 0 atom stereocenters. The molecule has 16 heavy (non-hydrogen) atoms. The second kappa shape index (κ2) is 4.51. The molecule has 0 radical (unpaired) electrons. The number of aromatic nitrogens is 2. The Morgan fingerprint density at radius 2 is 2.12 bits per heavy atom. The smallest absolute Gasteiger partial charge is 0.240 e. The van der Waals surface area contributed by atoms with Crippen LogP contribution in [-0.2, 0) is 6.54 Å². The highest BCUT2D eigenvalue weighted by molar-refractivity contribution is 4.90. The van der Waals surface area contributed by atoms with Crippen molar-refractivity contribution >= 4 is 0 Å². The Kier molecular flexibility index (Phi) is 3.25. The Morgan fingerprint density at radius 3 is 2.62 bits per heavy atom. The zero-order chi connectivity index (χ0) is 11.6. The molecule has 0 aliphatic carbocycles. The number of aryl methyl sites for hydroxylation is 1. The van der Waals surface area contributed by atoms with Crippen molar-refractivity contribution in [1.82, 2.24) is 20.4 Å². The van der Waals surface area contributed by atoms with E-state index in [0.29, 0.717) is 11.4 Å². The Labute approximate surface area is 96.2 Å². The van der Waals surface area contributed by atoms with Crippen LogP contribution < -0.4 is 5.32 Å². The number of rotatable bonds is 3. The van der Waals surface area contributed by atoms with E-state index in [4.69, 9.17) is 4.52 Å². The van der Waals surface area contributed by atoms with Crippen LogP contribution in [-0.4, -0.2) is 40.7 Å². The Hall–Kier alpha value is -0.940. The van der Waals surface area contributed by atoms with Gasteiger partial charge in [0.05, 0.1) is 6.54 Å². The number of nitrogens with zero attached hydrogens (tertiary/aromatic N) is 3. The minimum atomic E-state index is 0.293. The van der Waals surface area contributed by atoms with Crippen molar-refractivity contribution in [1.29, 1.82) is 0 Å². The molecule has 1 N–H and O–H groups in total. The summed E-state index contributed by atoms with van der Waals surface area (Å²) in [5, 5.41) is 7.19. The number of likely N-dealkylation sites (tertiary alicyclic amines) is 1. The molecule has 1 fully saturated rings. The molecule has 0 saturated carbocycles. The highest BCUT2D eigenvalue weighted by atomic mass is 16.5. The third kappa shape index (κ3) is 2.59. The Balaban J connectivity index is 1.86. The summed E-state index contributed by atoms with van der Waals surface area (Å²) in [6.45, 7) is 7.07. The van der Waals surface area contributed by atoms with Crippen molar-refractivity contribution < 1.29 is 4.52 Å². The summed E-state index contributed by atoms with van der Waals surface area (Å²) in [4.78, 5) is 6.59. The topological polar surface area (TPSA) is 54.2 Å². The highest BCUT2D eigenvalue weighted by Gasteiger charge is 2.28. The lowest BCUT2D eigenvalue weighted by Gasteiger charge is -2.38. The molecule has 1 aromatic rings. The summed E-state index contributed by atoms with van der Waals surface area (Å²) in [5.74, 6) is 1.44. The molecule has 2 rings (SSSR count). The van der Waals surface area contributed by atoms with Crippen LogP contribution in [0.15, 0.2) is 4.52 Å². The average molecular weight is 224 g/mol. The Bertz CT molecular complexity index is 342. The Morgan fingerprint density at radius 1 is 1.44 bits per heavy atom. The van der Waals surface area contributed by atoms with Gasteiger partial charge in [-0.05, 0) is 33.7 Å². The molecular weight excluding hydrogens is 204 g/mol. The van der Waals surface area contributed by atoms with Gasteiger partial charge in [0.15, 0.2) is 5.82 Å². The zero-order valence-electron chi connectivity index (χ0n) is 10.3. The molecule has 1 aliphatic heterocycles. The third-order valence-corrected chi connectivity index (χ3v) is 3.49. The minimum absolute atomic E-state index is 0.293. The number of nitrogens with one attached hydrogen (secondary N) is 1. The lowest BCUT2D eigenvalue weighted by molar-refractivity contribution is 0.133. The normalized spacial score (nSPS) is 21.2. The maximum Gasteiger partial charge on any atom is 0.240 e. The van der Waals surface area contributed by atoms with Crippen LogP contribution in [0.1, 0.15) is 31.5 Å². The highest BCUT2D eigenvalue weighted by Crippen LogP contribution is 2.21. The summed E-state index contributed by atoms with van der Waals surface area (Å²) >= 11 is 0. The van der Waals surface area contributed by atoms with Crippen molar-refractivity contribution in [3.8, 4) is 0 Å². The second-order valence-electron chi connectivity index (χ2n) is 4.82. The van der Waals surface area contributed by atoms with E-state index in [1.54, 1.807) is 0 Å². The van der Waals surface area contributed by atoms with Gasteiger partial charge in [0.2, 0.25) is 5.89 Å². The maximum absolute atomic E-state index is 5.13. The van der Waals surface area contributed by atoms with Crippen LogP contribution >= 0.6 is 0 Å². The molecule has 5 nitrogen and oxygen atoms in total. The lowest BCUT2D eigenvalue weighted by Crippen LogP contribution is -2.49. The summed E-state index contributed by atoms with van der Waals surface area (Å²) in [6, 6.07) is 0. The molecule has 1 aliphatic rings. The van der Waals surface area contributed by atoms with Crippen LogP contribution in [0.4, 0.5) is 0 Å². The first-order valence-corrected chi connectivity index (χ1v) is 5.82. The first-order valence-electron chi connectivity index (χ1n) is 5.82. The summed E-state index contributed by atoms with van der Waals surface area (Å²) in [6.07, 6.45) is 2.33. The first kappa shape index (κ1) is 11.5. The molecule has 1 aromatic heterocycles. The summed E-state index contributed by atoms with van der Waals surface area (Å²) in [5.41, 5.74) is 0.293. The van der Waals surface area contributed by atoms with Gasteiger partial charge in [0, 0.05) is 18.6 Å². The van der Waals surface area contributed by atoms with Gasteiger partial charge in [0.1, 0.15) is 0 Å². The van der Waals surface area contributed by atoms with E-state index in [1.165, 1.54) is 0 Å². The van der Waals surface area contributed by atoms with Gasteiger partial charge in [-0.3, -0.25) is 4.90 Å². The molecule has 2 heterocycles. The molecule has 0 spiro atoms. The van der Waals surface area contributed by atoms with E-state index in [0.717, 1.165) is 38.4 Å². The summed E-state index contributed by atoms with van der Waals surface area (Å²) in [7, 11) is 2.04. The van der Waals surface area contributed by atoms with Gasteiger partial charge in [-0.2, -0.15) is 4.98 Å². The third-order valence-electron chi connectivity index (χ3n) is 3.49. The summed E-state index contributed by atoms with van der Waals surface area (Å²) < 4.78 is 5.13. The van der Waals surface area contributed by atoms with Gasteiger partial charge in [-0.25, -0.2) is 0 Å². The second-order valence-corrected chi connectivity index (χ2v) is 4.82. The zero-order valence-corrected chi connectivity index (χ0v) is 10.3.